The third kappa shape index (κ3) is 5.16. The average molecular weight is 363 g/mol. The number of halogens is 1. The van der Waals surface area contributed by atoms with Crippen LogP contribution in [0.5, 0.6) is 0 Å². The van der Waals surface area contributed by atoms with Crippen LogP contribution in [0.1, 0.15) is 38.7 Å². The van der Waals surface area contributed by atoms with Gasteiger partial charge in [0.15, 0.2) is 0 Å². The SMILES string of the molecule is CCCCC(C)NS(=O)(=O)c1cc(CNC)ccc1Br. The molecule has 0 amide bonds. The van der Waals surface area contributed by atoms with Crippen molar-refractivity contribution in [3.63, 3.8) is 0 Å². The Kier molecular flexibility index (Phi) is 7.15. The van der Waals surface area contributed by atoms with Crippen molar-refractivity contribution in [2.75, 3.05) is 7.05 Å². The molecule has 0 saturated carbocycles. The minimum Gasteiger partial charge on any atom is -0.316 e. The maximum absolute atomic E-state index is 12.4. The average Bonchev–Trinajstić information content (AvgIpc) is 2.38. The molecule has 4 nitrogen and oxygen atoms in total. The first kappa shape index (κ1) is 17.6. The summed E-state index contributed by atoms with van der Waals surface area (Å²) in [5, 5.41) is 3.02. The first-order valence-electron chi connectivity index (χ1n) is 6.86. The normalized spacial score (nSPS) is 13.4. The summed E-state index contributed by atoms with van der Waals surface area (Å²) in [6.45, 7) is 4.64. The minimum absolute atomic E-state index is 0.0557. The zero-order chi connectivity index (χ0) is 15.2. The lowest BCUT2D eigenvalue weighted by atomic mass is 10.2. The molecule has 20 heavy (non-hydrogen) atoms. The Bertz CT molecular complexity index is 532. The molecule has 0 bridgehead atoms. The summed E-state index contributed by atoms with van der Waals surface area (Å²) in [5.74, 6) is 0. The van der Waals surface area contributed by atoms with E-state index in [2.05, 4.69) is 32.9 Å². The Morgan fingerprint density at radius 1 is 1.35 bits per heavy atom. The van der Waals surface area contributed by atoms with Crippen molar-refractivity contribution in [3.8, 4) is 0 Å². The third-order valence-corrected chi connectivity index (χ3v) is 5.60. The van der Waals surface area contributed by atoms with Crippen molar-refractivity contribution in [2.45, 2.75) is 50.6 Å². The molecular weight excluding hydrogens is 340 g/mol. The molecule has 1 aromatic rings. The van der Waals surface area contributed by atoms with Gasteiger partial charge in [0.05, 0.1) is 4.90 Å². The van der Waals surface area contributed by atoms with Gasteiger partial charge in [-0.2, -0.15) is 0 Å². The van der Waals surface area contributed by atoms with Crippen LogP contribution in [0.3, 0.4) is 0 Å². The molecule has 0 aliphatic heterocycles. The van der Waals surface area contributed by atoms with Crippen molar-refractivity contribution in [2.24, 2.45) is 0 Å². The van der Waals surface area contributed by atoms with Crippen molar-refractivity contribution >= 4 is 26.0 Å². The number of unbranched alkanes of at least 4 members (excludes halogenated alkanes) is 1. The van der Waals surface area contributed by atoms with Gasteiger partial charge >= 0.3 is 0 Å². The van der Waals surface area contributed by atoms with Crippen molar-refractivity contribution in [3.05, 3.63) is 28.2 Å². The van der Waals surface area contributed by atoms with Crippen LogP contribution in [-0.2, 0) is 16.6 Å². The van der Waals surface area contributed by atoms with Crippen LogP contribution in [0.25, 0.3) is 0 Å². The summed E-state index contributed by atoms with van der Waals surface area (Å²) in [7, 11) is -1.65. The predicted molar refractivity (Wildman–Crippen MR) is 86.2 cm³/mol. The second-order valence-corrected chi connectivity index (χ2v) is 7.50. The molecule has 1 rings (SSSR count). The number of benzene rings is 1. The Morgan fingerprint density at radius 2 is 2.05 bits per heavy atom. The number of sulfonamides is 1. The molecule has 2 N–H and O–H groups in total. The lowest BCUT2D eigenvalue weighted by molar-refractivity contribution is 0.534. The Morgan fingerprint density at radius 3 is 2.65 bits per heavy atom. The highest BCUT2D eigenvalue weighted by Crippen LogP contribution is 2.23. The van der Waals surface area contributed by atoms with Gasteiger partial charge < -0.3 is 5.32 Å². The standard InChI is InChI=1S/C14H23BrN2O2S/c1-4-5-6-11(2)17-20(18,19)14-9-12(10-16-3)7-8-13(14)15/h7-9,11,16-17H,4-6,10H2,1-3H3. The van der Waals surface area contributed by atoms with Crippen LogP contribution < -0.4 is 10.0 Å². The maximum Gasteiger partial charge on any atom is 0.241 e. The first-order chi connectivity index (χ1) is 9.40. The maximum atomic E-state index is 12.4. The van der Waals surface area contributed by atoms with Crippen molar-refractivity contribution in [1.82, 2.24) is 10.0 Å². The third-order valence-electron chi connectivity index (χ3n) is 3.01. The van der Waals surface area contributed by atoms with Crippen molar-refractivity contribution in [1.29, 1.82) is 0 Å². The summed E-state index contributed by atoms with van der Waals surface area (Å²) in [4.78, 5) is 0.300. The molecule has 0 fully saturated rings. The van der Waals surface area contributed by atoms with Gasteiger partial charge in [-0.1, -0.05) is 25.8 Å². The van der Waals surface area contributed by atoms with E-state index in [1.807, 2.05) is 20.0 Å². The Labute approximate surface area is 130 Å². The summed E-state index contributed by atoms with van der Waals surface area (Å²) in [6.07, 6.45) is 2.93. The van der Waals surface area contributed by atoms with E-state index in [1.165, 1.54) is 0 Å². The highest BCUT2D eigenvalue weighted by molar-refractivity contribution is 9.10. The van der Waals surface area contributed by atoms with E-state index in [0.717, 1.165) is 24.8 Å². The molecule has 0 saturated heterocycles. The van der Waals surface area contributed by atoms with Crippen LogP contribution in [0.2, 0.25) is 0 Å². The van der Waals surface area contributed by atoms with Gasteiger partial charge in [0.2, 0.25) is 10.0 Å². The van der Waals surface area contributed by atoms with E-state index >= 15 is 0 Å². The molecule has 1 aromatic carbocycles. The van der Waals surface area contributed by atoms with Crippen LogP contribution in [0.15, 0.2) is 27.6 Å². The van der Waals surface area contributed by atoms with Crippen LogP contribution in [0, 0.1) is 0 Å². The largest absolute Gasteiger partial charge is 0.316 e. The molecule has 1 atom stereocenters. The van der Waals surface area contributed by atoms with E-state index in [9.17, 15) is 8.42 Å². The molecule has 0 aromatic heterocycles. The molecule has 0 aliphatic carbocycles. The molecule has 0 aliphatic rings. The highest BCUT2D eigenvalue weighted by Gasteiger charge is 2.20. The predicted octanol–water partition coefficient (Wildman–Crippen LogP) is 3.03. The zero-order valence-electron chi connectivity index (χ0n) is 12.2. The molecule has 0 spiro atoms. The number of hydrogen-bond acceptors (Lipinski definition) is 3. The van der Waals surface area contributed by atoms with E-state index in [0.29, 0.717) is 15.9 Å². The van der Waals surface area contributed by atoms with E-state index in [-0.39, 0.29) is 6.04 Å². The molecular formula is C14H23BrN2O2S. The van der Waals surface area contributed by atoms with Crippen molar-refractivity contribution < 1.29 is 8.42 Å². The monoisotopic (exact) mass is 362 g/mol. The smallest absolute Gasteiger partial charge is 0.241 e. The molecule has 1 unspecified atom stereocenters. The van der Waals surface area contributed by atoms with Gasteiger partial charge in [-0.3, -0.25) is 0 Å². The molecule has 114 valence electrons. The van der Waals surface area contributed by atoms with Crippen LogP contribution >= 0.6 is 15.9 Å². The first-order valence-corrected chi connectivity index (χ1v) is 9.13. The summed E-state index contributed by atoms with van der Waals surface area (Å²) in [5.41, 5.74) is 0.942. The number of nitrogens with one attached hydrogen (secondary N) is 2. The fourth-order valence-corrected chi connectivity index (χ4v) is 4.26. The fraction of sp³-hybridized carbons (Fsp3) is 0.571. The van der Waals surface area contributed by atoms with Crippen LogP contribution in [0.4, 0.5) is 0 Å². The lowest BCUT2D eigenvalue weighted by Crippen LogP contribution is -2.32. The Hall–Kier alpha value is -0.430. The molecule has 0 radical (unpaired) electrons. The van der Waals surface area contributed by atoms with Gasteiger partial charge in [0.25, 0.3) is 0 Å². The van der Waals surface area contributed by atoms with Gasteiger partial charge in [-0.25, -0.2) is 13.1 Å². The van der Waals surface area contributed by atoms with E-state index in [1.54, 1.807) is 12.1 Å². The lowest BCUT2D eigenvalue weighted by Gasteiger charge is -2.15. The zero-order valence-corrected chi connectivity index (χ0v) is 14.6. The fourth-order valence-electron chi connectivity index (χ4n) is 1.97. The minimum atomic E-state index is -3.49. The second kappa shape index (κ2) is 8.12. The number of hydrogen-bond donors (Lipinski definition) is 2. The van der Waals surface area contributed by atoms with Crippen LogP contribution in [-0.4, -0.2) is 21.5 Å². The van der Waals surface area contributed by atoms with Gasteiger partial charge in [0.1, 0.15) is 0 Å². The summed E-state index contributed by atoms with van der Waals surface area (Å²) in [6, 6.07) is 5.33. The highest BCUT2D eigenvalue weighted by atomic mass is 79.9. The summed E-state index contributed by atoms with van der Waals surface area (Å²) >= 11 is 3.32. The number of rotatable bonds is 8. The topological polar surface area (TPSA) is 58.2 Å². The quantitative estimate of drug-likeness (QED) is 0.747. The molecule has 0 heterocycles. The van der Waals surface area contributed by atoms with E-state index < -0.39 is 10.0 Å². The van der Waals surface area contributed by atoms with Gasteiger partial charge in [-0.05, 0) is 54.0 Å². The Balaban J connectivity index is 2.93. The molecule has 6 heteroatoms. The summed E-state index contributed by atoms with van der Waals surface area (Å²) < 4.78 is 28.2. The van der Waals surface area contributed by atoms with Gasteiger partial charge in [-0.15, -0.1) is 0 Å². The second-order valence-electron chi connectivity index (χ2n) is 4.96. The van der Waals surface area contributed by atoms with Gasteiger partial charge in [0, 0.05) is 17.1 Å². The van der Waals surface area contributed by atoms with E-state index in [4.69, 9.17) is 0 Å².